The van der Waals surface area contributed by atoms with Crippen molar-refractivity contribution in [1.82, 2.24) is 15.1 Å². The first-order valence-electron chi connectivity index (χ1n) is 6.71. The van der Waals surface area contributed by atoms with Gasteiger partial charge in [-0.05, 0) is 30.2 Å². The van der Waals surface area contributed by atoms with E-state index in [1.165, 1.54) is 4.90 Å². The van der Waals surface area contributed by atoms with E-state index in [2.05, 4.69) is 30.3 Å². The highest BCUT2D eigenvalue weighted by atomic mass is 35.5. The molecule has 1 heterocycles. The zero-order valence-corrected chi connectivity index (χ0v) is 13.6. The van der Waals surface area contributed by atoms with Gasteiger partial charge in [-0.2, -0.15) is 5.10 Å². The number of rotatable bonds is 6. The molecule has 3 nitrogen and oxygen atoms in total. The monoisotopic (exact) mass is 309 g/mol. The standard InChI is InChI=1S/C15H20ClN3S/c1-11(2)7-17-9-13-14(16)5-4-6-15(13)20-12-8-18-19(3)10-12/h4-6,8,10-11,17H,7,9H2,1-3H3. The molecule has 1 aromatic heterocycles. The summed E-state index contributed by atoms with van der Waals surface area (Å²) in [7, 11) is 1.92. The normalized spacial score (nSPS) is 11.2. The molecule has 0 amide bonds. The van der Waals surface area contributed by atoms with Crippen molar-refractivity contribution < 1.29 is 0 Å². The molecule has 0 saturated carbocycles. The first kappa shape index (κ1) is 15.4. The molecular formula is C15H20ClN3S. The number of hydrogen-bond acceptors (Lipinski definition) is 3. The van der Waals surface area contributed by atoms with Gasteiger partial charge in [-0.3, -0.25) is 4.68 Å². The fourth-order valence-corrected chi connectivity index (χ4v) is 3.18. The van der Waals surface area contributed by atoms with Gasteiger partial charge in [0.05, 0.1) is 11.1 Å². The predicted octanol–water partition coefficient (Wildman–Crippen LogP) is 3.97. The van der Waals surface area contributed by atoms with Gasteiger partial charge in [0, 0.05) is 29.7 Å². The third-order valence-electron chi connectivity index (χ3n) is 2.84. The minimum atomic E-state index is 0.631. The molecule has 0 fully saturated rings. The summed E-state index contributed by atoms with van der Waals surface area (Å²) in [5.41, 5.74) is 1.16. The molecule has 0 bridgehead atoms. The second kappa shape index (κ2) is 7.16. The van der Waals surface area contributed by atoms with Crippen LogP contribution in [0.5, 0.6) is 0 Å². The van der Waals surface area contributed by atoms with Crippen LogP contribution in [0.25, 0.3) is 0 Å². The van der Waals surface area contributed by atoms with Crippen LogP contribution in [0.4, 0.5) is 0 Å². The van der Waals surface area contributed by atoms with Crippen LogP contribution in [0.15, 0.2) is 40.4 Å². The van der Waals surface area contributed by atoms with Crippen LogP contribution in [-0.4, -0.2) is 16.3 Å². The lowest BCUT2D eigenvalue weighted by atomic mass is 10.2. The van der Waals surface area contributed by atoms with Gasteiger partial charge in [-0.25, -0.2) is 0 Å². The quantitative estimate of drug-likeness (QED) is 0.875. The maximum Gasteiger partial charge on any atom is 0.0629 e. The van der Waals surface area contributed by atoms with Gasteiger partial charge in [-0.15, -0.1) is 0 Å². The largest absolute Gasteiger partial charge is 0.312 e. The van der Waals surface area contributed by atoms with Gasteiger partial charge >= 0.3 is 0 Å². The van der Waals surface area contributed by atoms with Crippen molar-refractivity contribution in [2.45, 2.75) is 30.2 Å². The van der Waals surface area contributed by atoms with Gasteiger partial charge in [0.25, 0.3) is 0 Å². The van der Waals surface area contributed by atoms with E-state index in [9.17, 15) is 0 Å². The van der Waals surface area contributed by atoms with Crippen LogP contribution in [-0.2, 0) is 13.6 Å². The minimum absolute atomic E-state index is 0.631. The summed E-state index contributed by atoms with van der Waals surface area (Å²) in [6.07, 6.45) is 3.88. The van der Waals surface area contributed by atoms with Gasteiger partial charge in [0.15, 0.2) is 0 Å². The lowest BCUT2D eigenvalue weighted by molar-refractivity contribution is 0.550. The van der Waals surface area contributed by atoms with Crippen LogP contribution in [0.1, 0.15) is 19.4 Å². The Morgan fingerprint density at radius 3 is 2.85 bits per heavy atom. The molecule has 0 atom stereocenters. The summed E-state index contributed by atoms with van der Waals surface area (Å²) in [5.74, 6) is 0.631. The molecule has 0 saturated heterocycles. The van der Waals surface area contributed by atoms with Crippen molar-refractivity contribution in [3.8, 4) is 0 Å². The van der Waals surface area contributed by atoms with E-state index in [-0.39, 0.29) is 0 Å². The van der Waals surface area contributed by atoms with E-state index in [4.69, 9.17) is 11.6 Å². The molecule has 108 valence electrons. The van der Waals surface area contributed by atoms with E-state index in [1.54, 1.807) is 11.8 Å². The Morgan fingerprint density at radius 1 is 1.40 bits per heavy atom. The molecule has 2 rings (SSSR count). The average molecular weight is 310 g/mol. The van der Waals surface area contributed by atoms with Crippen molar-refractivity contribution in [3.63, 3.8) is 0 Å². The Kier molecular flexibility index (Phi) is 5.52. The Labute approximate surface area is 129 Å². The predicted molar refractivity (Wildman–Crippen MR) is 85.3 cm³/mol. The highest BCUT2D eigenvalue weighted by Crippen LogP contribution is 2.33. The third-order valence-corrected chi connectivity index (χ3v) is 4.24. The highest BCUT2D eigenvalue weighted by molar-refractivity contribution is 7.99. The molecule has 0 unspecified atom stereocenters. The summed E-state index contributed by atoms with van der Waals surface area (Å²) in [6.45, 7) is 6.18. The van der Waals surface area contributed by atoms with Crippen molar-refractivity contribution in [3.05, 3.63) is 41.2 Å². The van der Waals surface area contributed by atoms with E-state index >= 15 is 0 Å². The van der Waals surface area contributed by atoms with Crippen LogP contribution in [0.3, 0.4) is 0 Å². The molecule has 1 aromatic carbocycles. The van der Waals surface area contributed by atoms with Gasteiger partial charge in [0.2, 0.25) is 0 Å². The Bertz CT molecular complexity index is 566. The number of aryl methyl sites for hydroxylation is 1. The minimum Gasteiger partial charge on any atom is -0.312 e. The summed E-state index contributed by atoms with van der Waals surface area (Å²) >= 11 is 8.04. The van der Waals surface area contributed by atoms with E-state index in [0.717, 1.165) is 28.6 Å². The van der Waals surface area contributed by atoms with Crippen LogP contribution >= 0.6 is 23.4 Å². The SMILES string of the molecule is CC(C)CNCc1c(Cl)cccc1Sc1cnn(C)c1. The zero-order valence-electron chi connectivity index (χ0n) is 12.1. The fraction of sp³-hybridized carbons (Fsp3) is 0.400. The number of nitrogens with zero attached hydrogens (tertiary/aromatic N) is 2. The molecule has 2 aromatic rings. The molecule has 0 aliphatic rings. The Hall–Kier alpha value is -0.970. The summed E-state index contributed by atoms with van der Waals surface area (Å²) in [5, 5.41) is 8.47. The molecule has 0 aliphatic carbocycles. The number of halogens is 1. The Morgan fingerprint density at radius 2 is 2.20 bits per heavy atom. The smallest absolute Gasteiger partial charge is 0.0629 e. The lowest BCUT2D eigenvalue weighted by Crippen LogP contribution is -2.19. The maximum atomic E-state index is 6.34. The van der Waals surface area contributed by atoms with Crippen LogP contribution in [0.2, 0.25) is 5.02 Å². The van der Waals surface area contributed by atoms with Gasteiger partial charge < -0.3 is 5.32 Å². The lowest BCUT2D eigenvalue weighted by Gasteiger charge is -2.12. The zero-order chi connectivity index (χ0) is 14.5. The van der Waals surface area contributed by atoms with Crippen LogP contribution < -0.4 is 5.32 Å². The van der Waals surface area contributed by atoms with Crippen molar-refractivity contribution in [2.75, 3.05) is 6.54 Å². The summed E-state index contributed by atoms with van der Waals surface area (Å²) in [6, 6.07) is 6.05. The summed E-state index contributed by atoms with van der Waals surface area (Å²) < 4.78 is 1.81. The third kappa shape index (κ3) is 4.27. The second-order valence-electron chi connectivity index (χ2n) is 5.19. The van der Waals surface area contributed by atoms with Gasteiger partial charge in [-0.1, -0.05) is 43.3 Å². The molecule has 20 heavy (non-hydrogen) atoms. The molecular weight excluding hydrogens is 290 g/mol. The fourth-order valence-electron chi connectivity index (χ4n) is 1.87. The molecule has 0 aliphatic heterocycles. The van der Waals surface area contributed by atoms with Gasteiger partial charge in [0.1, 0.15) is 0 Å². The van der Waals surface area contributed by atoms with E-state index < -0.39 is 0 Å². The molecule has 0 radical (unpaired) electrons. The Balaban J connectivity index is 2.13. The van der Waals surface area contributed by atoms with E-state index in [1.807, 2.05) is 36.3 Å². The molecule has 1 N–H and O–H groups in total. The van der Waals surface area contributed by atoms with Crippen molar-refractivity contribution in [1.29, 1.82) is 0 Å². The average Bonchev–Trinajstić information content (AvgIpc) is 2.78. The van der Waals surface area contributed by atoms with Crippen molar-refractivity contribution in [2.24, 2.45) is 13.0 Å². The first-order chi connectivity index (χ1) is 9.56. The number of hydrogen-bond donors (Lipinski definition) is 1. The highest BCUT2D eigenvalue weighted by Gasteiger charge is 2.09. The van der Waals surface area contributed by atoms with Crippen molar-refractivity contribution >= 4 is 23.4 Å². The van der Waals surface area contributed by atoms with E-state index in [0.29, 0.717) is 5.92 Å². The first-order valence-corrected chi connectivity index (χ1v) is 7.90. The number of nitrogens with one attached hydrogen (secondary N) is 1. The molecule has 5 heteroatoms. The van der Waals surface area contributed by atoms with Crippen LogP contribution in [0, 0.1) is 5.92 Å². The number of benzene rings is 1. The maximum absolute atomic E-state index is 6.34. The number of aromatic nitrogens is 2. The topological polar surface area (TPSA) is 29.9 Å². The second-order valence-corrected chi connectivity index (χ2v) is 6.72. The molecule has 0 spiro atoms. The summed E-state index contributed by atoms with van der Waals surface area (Å²) in [4.78, 5) is 2.31.